The fourth-order valence-electron chi connectivity index (χ4n) is 3.38. The quantitative estimate of drug-likeness (QED) is 0.424. The van der Waals surface area contributed by atoms with Gasteiger partial charge in [0.15, 0.2) is 5.96 Å². The van der Waals surface area contributed by atoms with Crippen molar-refractivity contribution in [1.82, 2.24) is 15.5 Å². The Labute approximate surface area is 182 Å². The third-order valence-corrected chi connectivity index (χ3v) is 5.03. The van der Waals surface area contributed by atoms with Crippen LogP contribution in [-0.4, -0.2) is 75.5 Å². The average molecular weight is 421 g/mol. The minimum atomic E-state index is -0.0170. The Morgan fingerprint density at radius 2 is 1.80 bits per heavy atom. The van der Waals surface area contributed by atoms with Crippen molar-refractivity contribution in [1.29, 1.82) is 0 Å². The first kappa shape index (κ1) is 24.3. The maximum atomic E-state index is 5.96. The Balaban J connectivity index is 1.75. The van der Waals surface area contributed by atoms with Crippen LogP contribution >= 0.6 is 0 Å². The van der Waals surface area contributed by atoms with E-state index in [2.05, 4.69) is 36.3 Å². The molecule has 1 fully saturated rings. The summed E-state index contributed by atoms with van der Waals surface area (Å²) < 4.78 is 16.8. The van der Waals surface area contributed by atoms with E-state index in [-0.39, 0.29) is 6.10 Å². The number of hydrogen-bond acceptors (Lipinski definition) is 5. The molecule has 1 atom stereocenters. The van der Waals surface area contributed by atoms with Gasteiger partial charge in [0.05, 0.1) is 26.4 Å². The highest BCUT2D eigenvalue weighted by Crippen LogP contribution is 2.18. The van der Waals surface area contributed by atoms with Gasteiger partial charge in [0.2, 0.25) is 0 Å². The monoisotopic (exact) mass is 420 g/mol. The number of piperidine rings is 1. The summed E-state index contributed by atoms with van der Waals surface area (Å²) in [5.41, 5.74) is 0. The Morgan fingerprint density at radius 3 is 2.40 bits per heavy atom. The number of likely N-dealkylation sites (tertiary alicyclic amines) is 1. The van der Waals surface area contributed by atoms with E-state index >= 15 is 0 Å². The van der Waals surface area contributed by atoms with E-state index in [0.29, 0.717) is 18.7 Å². The van der Waals surface area contributed by atoms with Gasteiger partial charge in [0, 0.05) is 32.2 Å². The molecule has 0 spiro atoms. The number of ether oxygens (including phenoxy) is 3. The summed E-state index contributed by atoms with van der Waals surface area (Å²) in [6.45, 7) is 13.7. The van der Waals surface area contributed by atoms with E-state index in [4.69, 9.17) is 19.2 Å². The molecule has 1 heterocycles. The van der Waals surface area contributed by atoms with Crippen LogP contribution in [-0.2, 0) is 4.74 Å². The first-order valence-electron chi connectivity index (χ1n) is 11.2. The summed E-state index contributed by atoms with van der Waals surface area (Å²) in [5, 5.41) is 6.95. The van der Waals surface area contributed by atoms with Gasteiger partial charge in [-0.25, -0.2) is 4.99 Å². The van der Waals surface area contributed by atoms with Crippen molar-refractivity contribution in [2.75, 3.05) is 46.4 Å². The average Bonchev–Trinajstić information content (AvgIpc) is 2.74. The molecule has 1 aromatic rings. The van der Waals surface area contributed by atoms with E-state index in [1.54, 1.807) is 7.11 Å². The SMILES string of the molecule is CCNC(=NCC(C)Oc1ccc(OC)cc1)NC1CCN(CCOC(C)C)CC1. The molecule has 1 aliphatic heterocycles. The molecule has 1 saturated heterocycles. The third-order valence-electron chi connectivity index (χ3n) is 5.03. The van der Waals surface area contributed by atoms with Gasteiger partial charge in [-0.05, 0) is 64.8 Å². The third kappa shape index (κ3) is 9.22. The zero-order valence-electron chi connectivity index (χ0n) is 19.3. The summed E-state index contributed by atoms with van der Waals surface area (Å²) in [5.74, 6) is 2.51. The Kier molecular flexibility index (Phi) is 10.8. The molecular weight excluding hydrogens is 380 g/mol. The number of nitrogens with zero attached hydrogens (tertiary/aromatic N) is 2. The van der Waals surface area contributed by atoms with E-state index < -0.39 is 0 Å². The molecule has 0 saturated carbocycles. The molecule has 2 rings (SSSR count). The second-order valence-corrected chi connectivity index (χ2v) is 8.00. The van der Waals surface area contributed by atoms with E-state index in [9.17, 15) is 0 Å². The van der Waals surface area contributed by atoms with Crippen LogP contribution in [0.15, 0.2) is 29.3 Å². The van der Waals surface area contributed by atoms with Crippen molar-refractivity contribution < 1.29 is 14.2 Å². The summed E-state index contributed by atoms with van der Waals surface area (Å²) in [7, 11) is 1.66. The van der Waals surface area contributed by atoms with Crippen molar-refractivity contribution in [2.24, 2.45) is 4.99 Å². The highest BCUT2D eigenvalue weighted by Gasteiger charge is 2.20. The van der Waals surface area contributed by atoms with Gasteiger partial charge < -0.3 is 29.7 Å². The Morgan fingerprint density at radius 1 is 1.13 bits per heavy atom. The van der Waals surface area contributed by atoms with Crippen LogP contribution in [0.3, 0.4) is 0 Å². The summed E-state index contributed by atoms with van der Waals surface area (Å²) in [4.78, 5) is 7.22. The molecule has 0 aliphatic carbocycles. The van der Waals surface area contributed by atoms with E-state index in [1.165, 1.54) is 0 Å². The van der Waals surface area contributed by atoms with Crippen LogP contribution in [0.2, 0.25) is 0 Å². The summed E-state index contributed by atoms with van der Waals surface area (Å²) >= 11 is 0. The lowest BCUT2D eigenvalue weighted by Gasteiger charge is -2.33. The first-order valence-corrected chi connectivity index (χ1v) is 11.2. The summed E-state index contributed by atoms with van der Waals surface area (Å²) in [6, 6.07) is 8.09. The molecule has 7 heteroatoms. The van der Waals surface area contributed by atoms with Gasteiger partial charge in [-0.2, -0.15) is 0 Å². The van der Waals surface area contributed by atoms with Gasteiger partial charge in [-0.15, -0.1) is 0 Å². The standard InChI is InChI=1S/C23H40N4O3/c1-6-24-23(25-17-19(4)30-22-9-7-21(28-5)8-10-22)26-20-11-13-27(14-12-20)15-16-29-18(2)3/h7-10,18-20H,6,11-17H2,1-5H3,(H2,24,25,26). The maximum Gasteiger partial charge on any atom is 0.191 e. The second kappa shape index (κ2) is 13.3. The topological polar surface area (TPSA) is 67.4 Å². The summed E-state index contributed by atoms with van der Waals surface area (Å²) in [6.07, 6.45) is 2.52. The molecule has 0 amide bonds. The van der Waals surface area contributed by atoms with Crippen LogP contribution in [0.1, 0.15) is 40.5 Å². The highest BCUT2D eigenvalue weighted by molar-refractivity contribution is 5.80. The van der Waals surface area contributed by atoms with Gasteiger partial charge in [-0.3, -0.25) is 0 Å². The Bertz CT molecular complexity index is 613. The Hall–Kier alpha value is -1.99. The molecule has 0 aromatic heterocycles. The van der Waals surface area contributed by atoms with E-state index in [1.807, 2.05) is 31.2 Å². The van der Waals surface area contributed by atoms with Crippen LogP contribution in [0.25, 0.3) is 0 Å². The van der Waals surface area contributed by atoms with Crippen molar-refractivity contribution >= 4 is 5.96 Å². The van der Waals surface area contributed by atoms with Crippen molar-refractivity contribution in [3.8, 4) is 11.5 Å². The van der Waals surface area contributed by atoms with Gasteiger partial charge in [0.25, 0.3) is 0 Å². The molecular formula is C23H40N4O3. The first-order chi connectivity index (χ1) is 14.5. The van der Waals surface area contributed by atoms with Crippen LogP contribution in [0.5, 0.6) is 11.5 Å². The number of benzene rings is 1. The molecule has 1 unspecified atom stereocenters. The number of guanidine groups is 1. The predicted octanol–water partition coefficient (Wildman–Crippen LogP) is 2.91. The molecule has 30 heavy (non-hydrogen) atoms. The zero-order valence-corrected chi connectivity index (χ0v) is 19.3. The zero-order chi connectivity index (χ0) is 21.8. The molecule has 170 valence electrons. The lowest BCUT2D eigenvalue weighted by molar-refractivity contribution is 0.0532. The fraction of sp³-hybridized carbons (Fsp3) is 0.696. The van der Waals surface area contributed by atoms with Crippen molar-refractivity contribution in [3.63, 3.8) is 0 Å². The second-order valence-electron chi connectivity index (χ2n) is 8.00. The molecule has 0 radical (unpaired) electrons. The number of rotatable bonds is 11. The van der Waals surface area contributed by atoms with Crippen LogP contribution in [0, 0.1) is 0 Å². The van der Waals surface area contributed by atoms with Crippen molar-refractivity contribution in [2.45, 2.75) is 58.8 Å². The van der Waals surface area contributed by atoms with E-state index in [0.717, 1.165) is 63.1 Å². The number of methoxy groups -OCH3 is 1. The molecule has 2 N–H and O–H groups in total. The molecule has 7 nitrogen and oxygen atoms in total. The minimum absolute atomic E-state index is 0.0170. The highest BCUT2D eigenvalue weighted by atomic mass is 16.5. The maximum absolute atomic E-state index is 5.96. The fourth-order valence-corrected chi connectivity index (χ4v) is 3.38. The van der Waals surface area contributed by atoms with Crippen LogP contribution < -0.4 is 20.1 Å². The van der Waals surface area contributed by atoms with Crippen LogP contribution in [0.4, 0.5) is 0 Å². The molecule has 1 aliphatic rings. The van der Waals surface area contributed by atoms with Gasteiger partial charge in [0.1, 0.15) is 17.6 Å². The number of nitrogens with one attached hydrogen (secondary N) is 2. The smallest absolute Gasteiger partial charge is 0.191 e. The largest absolute Gasteiger partial charge is 0.497 e. The lowest BCUT2D eigenvalue weighted by Crippen LogP contribution is -2.49. The van der Waals surface area contributed by atoms with Crippen molar-refractivity contribution in [3.05, 3.63) is 24.3 Å². The molecule has 1 aromatic carbocycles. The predicted molar refractivity (Wildman–Crippen MR) is 123 cm³/mol. The molecule has 0 bridgehead atoms. The minimum Gasteiger partial charge on any atom is -0.497 e. The number of aliphatic imine (C=N–C) groups is 1. The van der Waals surface area contributed by atoms with Gasteiger partial charge in [-0.1, -0.05) is 0 Å². The normalized spacial score (nSPS) is 17.1. The van der Waals surface area contributed by atoms with Gasteiger partial charge >= 0.3 is 0 Å². The number of hydrogen-bond donors (Lipinski definition) is 2. The lowest BCUT2D eigenvalue weighted by atomic mass is 10.1.